The van der Waals surface area contributed by atoms with Crippen molar-refractivity contribution < 1.29 is 17.9 Å². The van der Waals surface area contributed by atoms with Gasteiger partial charge in [0.2, 0.25) is 10.0 Å². The van der Waals surface area contributed by atoms with Gasteiger partial charge in [-0.3, -0.25) is 4.79 Å². The number of hydrogen-bond donors (Lipinski definition) is 4. The lowest BCUT2D eigenvalue weighted by atomic mass is 9.80. The third-order valence-electron chi connectivity index (χ3n) is 6.98. The third-order valence-corrected chi connectivity index (χ3v) is 8.49. The van der Waals surface area contributed by atoms with E-state index in [-0.39, 0.29) is 46.9 Å². The molecule has 0 amide bonds. The SMILES string of the molecule is NN=CC1CNCCC1Cc1c(CC(=O)OCc2ccccc2)c(N)c(-c2ccccc2)c(Cl)c1S(N)(=O)=O. The molecule has 2 atom stereocenters. The van der Waals surface area contributed by atoms with Crippen LogP contribution in [0.4, 0.5) is 5.69 Å². The van der Waals surface area contributed by atoms with Gasteiger partial charge in [0, 0.05) is 29.9 Å². The van der Waals surface area contributed by atoms with Crippen molar-refractivity contribution in [1.82, 2.24) is 5.32 Å². The number of nitrogens with zero attached hydrogens (tertiary/aromatic N) is 1. The van der Waals surface area contributed by atoms with Gasteiger partial charge in [0.25, 0.3) is 0 Å². The van der Waals surface area contributed by atoms with E-state index in [0.29, 0.717) is 28.8 Å². The first-order chi connectivity index (χ1) is 18.7. The van der Waals surface area contributed by atoms with Gasteiger partial charge in [0.1, 0.15) is 11.5 Å². The van der Waals surface area contributed by atoms with Gasteiger partial charge < -0.3 is 21.6 Å². The van der Waals surface area contributed by atoms with Crippen LogP contribution in [0.1, 0.15) is 23.1 Å². The molecule has 206 valence electrons. The highest BCUT2D eigenvalue weighted by atomic mass is 35.5. The van der Waals surface area contributed by atoms with Gasteiger partial charge in [-0.1, -0.05) is 72.3 Å². The summed E-state index contributed by atoms with van der Waals surface area (Å²) in [7, 11) is -4.32. The number of benzene rings is 3. The van der Waals surface area contributed by atoms with Crippen molar-refractivity contribution in [3.63, 3.8) is 0 Å². The number of esters is 1. The maximum Gasteiger partial charge on any atom is 0.310 e. The number of hydrazone groups is 1. The zero-order valence-electron chi connectivity index (χ0n) is 21.3. The van der Waals surface area contributed by atoms with E-state index in [1.54, 1.807) is 30.5 Å². The number of hydrogen-bond acceptors (Lipinski definition) is 8. The molecule has 0 spiro atoms. The Morgan fingerprint density at radius 3 is 2.41 bits per heavy atom. The second kappa shape index (κ2) is 12.6. The maximum absolute atomic E-state index is 13.1. The van der Waals surface area contributed by atoms with Crippen LogP contribution in [0.25, 0.3) is 11.1 Å². The number of sulfonamides is 1. The van der Waals surface area contributed by atoms with Crippen LogP contribution in [0.5, 0.6) is 0 Å². The van der Waals surface area contributed by atoms with E-state index in [0.717, 1.165) is 18.5 Å². The van der Waals surface area contributed by atoms with Crippen LogP contribution < -0.4 is 22.0 Å². The Bertz CT molecular complexity index is 1450. The summed E-state index contributed by atoms with van der Waals surface area (Å²) in [6, 6.07) is 18.2. The van der Waals surface area contributed by atoms with E-state index in [2.05, 4.69) is 10.4 Å². The highest BCUT2D eigenvalue weighted by Crippen LogP contribution is 2.44. The fourth-order valence-corrected chi connectivity index (χ4v) is 6.64. The molecule has 11 heteroatoms. The molecule has 3 aromatic rings. The van der Waals surface area contributed by atoms with Gasteiger partial charge in [-0.25, -0.2) is 13.6 Å². The number of rotatable bonds is 9. The van der Waals surface area contributed by atoms with Gasteiger partial charge in [-0.05, 0) is 47.6 Å². The van der Waals surface area contributed by atoms with Gasteiger partial charge in [0.05, 0.1) is 11.4 Å². The minimum Gasteiger partial charge on any atom is -0.461 e. The van der Waals surface area contributed by atoms with E-state index < -0.39 is 16.0 Å². The molecule has 0 bridgehead atoms. The average Bonchev–Trinajstić information content (AvgIpc) is 2.91. The second-order valence-electron chi connectivity index (χ2n) is 9.54. The number of primary sulfonamides is 1. The molecule has 7 N–H and O–H groups in total. The first-order valence-electron chi connectivity index (χ1n) is 12.5. The van der Waals surface area contributed by atoms with Crippen LogP contribution in [0.3, 0.4) is 0 Å². The second-order valence-corrected chi connectivity index (χ2v) is 11.4. The molecule has 1 aliphatic rings. The van der Waals surface area contributed by atoms with Crippen molar-refractivity contribution >= 4 is 39.5 Å². The lowest BCUT2D eigenvalue weighted by Crippen LogP contribution is -2.39. The van der Waals surface area contributed by atoms with E-state index in [1.807, 2.05) is 36.4 Å². The van der Waals surface area contributed by atoms with E-state index in [9.17, 15) is 13.2 Å². The Kier molecular flexibility index (Phi) is 9.24. The van der Waals surface area contributed by atoms with Crippen LogP contribution in [-0.4, -0.2) is 33.7 Å². The molecule has 0 aromatic heterocycles. The molecule has 39 heavy (non-hydrogen) atoms. The van der Waals surface area contributed by atoms with E-state index in [4.69, 9.17) is 33.1 Å². The fourth-order valence-electron chi connectivity index (χ4n) is 5.09. The number of anilines is 1. The van der Waals surface area contributed by atoms with Crippen LogP contribution >= 0.6 is 11.6 Å². The summed E-state index contributed by atoms with van der Waals surface area (Å²) in [6.07, 6.45) is 2.36. The van der Waals surface area contributed by atoms with Crippen LogP contribution in [0.2, 0.25) is 5.02 Å². The lowest BCUT2D eigenvalue weighted by molar-refractivity contribution is -0.144. The van der Waals surface area contributed by atoms with Crippen LogP contribution in [-0.2, 0) is 39.0 Å². The number of carbonyl (C=O) groups excluding carboxylic acids is 1. The molecule has 4 rings (SSSR count). The number of carbonyl (C=O) groups is 1. The zero-order valence-corrected chi connectivity index (χ0v) is 22.9. The Labute approximate surface area is 233 Å². The Hall–Kier alpha value is -3.44. The minimum absolute atomic E-state index is 0.0452. The van der Waals surface area contributed by atoms with Gasteiger partial charge in [0.15, 0.2) is 0 Å². The van der Waals surface area contributed by atoms with Crippen molar-refractivity contribution in [3.05, 3.63) is 82.4 Å². The molecule has 9 nitrogen and oxygen atoms in total. The summed E-state index contributed by atoms with van der Waals surface area (Å²) in [6.45, 7) is 1.42. The summed E-state index contributed by atoms with van der Waals surface area (Å²) >= 11 is 6.79. The predicted octanol–water partition coefficient (Wildman–Crippen LogP) is 3.24. The minimum atomic E-state index is -4.32. The molecule has 3 aromatic carbocycles. The average molecular weight is 570 g/mol. The van der Waals surface area contributed by atoms with Crippen molar-refractivity contribution in [2.45, 2.75) is 30.8 Å². The molecular formula is C28H32ClN5O4S. The van der Waals surface area contributed by atoms with Crippen LogP contribution in [0.15, 0.2) is 70.7 Å². The smallest absolute Gasteiger partial charge is 0.310 e. The largest absolute Gasteiger partial charge is 0.461 e. The van der Waals surface area contributed by atoms with Crippen molar-refractivity contribution in [2.75, 3.05) is 18.8 Å². The summed E-state index contributed by atoms with van der Waals surface area (Å²) in [5.74, 6) is 4.78. The van der Waals surface area contributed by atoms with E-state index >= 15 is 0 Å². The number of nitrogens with two attached hydrogens (primary N) is 3. The lowest BCUT2D eigenvalue weighted by Gasteiger charge is -2.31. The molecule has 1 aliphatic heterocycles. The first-order valence-corrected chi connectivity index (χ1v) is 14.5. The number of piperidine rings is 1. The molecule has 0 aliphatic carbocycles. The first kappa shape index (κ1) is 28.6. The van der Waals surface area contributed by atoms with Gasteiger partial charge in [-0.15, -0.1) is 0 Å². The Morgan fingerprint density at radius 1 is 1.10 bits per heavy atom. The van der Waals surface area contributed by atoms with Crippen molar-refractivity contribution in [3.8, 4) is 11.1 Å². The number of nitrogen functional groups attached to an aromatic ring is 1. The maximum atomic E-state index is 13.1. The highest BCUT2D eigenvalue weighted by molar-refractivity contribution is 7.89. The standard InChI is InChI=1S/C28H32ClN5O4S/c29-26-25(19-9-5-2-6-10-19)27(30)22(14-24(35)38-17-18-7-3-1-4-8-18)23(28(26)39(32,36)37)13-20-11-12-33-15-21(20)16-34-31/h1-10,16,20-21,33H,11-15,17,30-31H2,(H2,32,36,37). The molecular weight excluding hydrogens is 538 g/mol. The summed E-state index contributed by atoms with van der Waals surface area (Å²) in [5, 5.41) is 12.7. The van der Waals surface area contributed by atoms with Crippen molar-refractivity contribution in [1.29, 1.82) is 0 Å². The van der Waals surface area contributed by atoms with Gasteiger partial charge in [-0.2, -0.15) is 5.10 Å². The zero-order chi connectivity index (χ0) is 28.0. The van der Waals surface area contributed by atoms with Crippen molar-refractivity contribution in [2.24, 2.45) is 27.9 Å². The third kappa shape index (κ3) is 6.77. The quantitative estimate of drug-likeness (QED) is 0.101. The van der Waals surface area contributed by atoms with E-state index in [1.165, 1.54) is 0 Å². The molecule has 1 saturated heterocycles. The normalized spacial score (nSPS) is 17.8. The van der Waals surface area contributed by atoms with Gasteiger partial charge >= 0.3 is 5.97 Å². The number of ether oxygens (including phenoxy) is 1. The summed E-state index contributed by atoms with van der Waals surface area (Å²) in [4.78, 5) is 12.9. The molecule has 1 heterocycles. The molecule has 1 fully saturated rings. The Balaban J connectivity index is 1.84. The van der Waals surface area contributed by atoms with Crippen LogP contribution in [0, 0.1) is 11.8 Å². The molecule has 0 saturated carbocycles. The predicted molar refractivity (Wildman–Crippen MR) is 153 cm³/mol. The highest BCUT2D eigenvalue weighted by Gasteiger charge is 2.33. The topological polar surface area (TPSA) is 163 Å². The Morgan fingerprint density at radius 2 is 1.77 bits per heavy atom. The molecule has 2 unspecified atom stereocenters. The number of nitrogens with one attached hydrogen (secondary N) is 1. The monoisotopic (exact) mass is 569 g/mol. The number of halogens is 1. The fraction of sp³-hybridized carbons (Fsp3) is 0.286. The molecule has 0 radical (unpaired) electrons. The summed E-state index contributed by atoms with van der Waals surface area (Å²) < 4.78 is 31.6. The summed E-state index contributed by atoms with van der Waals surface area (Å²) in [5.41, 5.74) is 9.29.